The van der Waals surface area contributed by atoms with Crippen molar-refractivity contribution < 1.29 is 32.2 Å². The smallest absolute Gasteiger partial charge is 0.324 e. The molecule has 11 heteroatoms. The van der Waals surface area contributed by atoms with Crippen LogP contribution in [0.4, 0.5) is 4.39 Å². The molecule has 2 atom stereocenters. The average Bonchev–Trinajstić information content (AvgIpc) is 2.81. The molecule has 0 bridgehead atoms. The summed E-state index contributed by atoms with van der Waals surface area (Å²) in [7, 11) is -4.39. The third-order valence-corrected chi connectivity index (χ3v) is 9.12. The number of nitrogens with zero attached hydrogens (tertiary/aromatic N) is 2. The molecule has 1 fully saturated rings. The maximum atomic E-state index is 13.2. The van der Waals surface area contributed by atoms with Crippen LogP contribution in [-0.4, -0.2) is 71.7 Å². The first-order chi connectivity index (χ1) is 16.7. The number of rotatable bonds is 8. The Hall–Kier alpha value is -2.69. The third-order valence-electron chi connectivity index (χ3n) is 6.47. The molecule has 3 rings (SSSR count). The van der Waals surface area contributed by atoms with Crippen molar-refractivity contribution >= 4 is 33.3 Å². The highest BCUT2D eigenvalue weighted by Crippen LogP contribution is 2.34. The van der Waals surface area contributed by atoms with Gasteiger partial charge in [0.1, 0.15) is 16.5 Å². The van der Waals surface area contributed by atoms with Gasteiger partial charge in [0.2, 0.25) is 0 Å². The number of aliphatic carboxylic acids is 1. The van der Waals surface area contributed by atoms with Crippen LogP contribution in [0.2, 0.25) is 5.02 Å². The number of hydrogen-bond acceptors (Lipinski definition) is 6. The van der Waals surface area contributed by atoms with Crippen molar-refractivity contribution in [1.29, 1.82) is 0 Å². The van der Waals surface area contributed by atoms with Gasteiger partial charge in [0, 0.05) is 36.7 Å². The number of carbonyl (C=O) groups is 2. The van der Waals surface area contributed by atoms with Gasteiger partial charge in [0.05, 0.1) is 0 Å². The highest BCUT2D eigenvalue weighted by atomic mass is 35.5. The van der Waals surface area contributed by atoms with E-state index in [0.29, 0.717) is 19.6 Å². The van der Waals surface area contributed by atoms with Crippen LogP contribution >= 0.6 is 11.6 Å². The number of sulfone groups is 1. The molecule has 1 aliphatic heterocycles. The summed E-state index contributed by atoms with van der Waals surface area (Å²) < 4.78 is 42.8. The predicted molar refractivity (Wildman–Crippen MR) is 133 cm³/mol. The summed E-state index contributed by atoms with van der Waals surface area (Å²) in [6, 6.07) is 10.0. The SMILES string of the molecule is CC1CN(C(=O)COc2ccc(Cl)cc2S(=O)(=O)C(C)(C)C(=O)O)C(C)CN1Cc1ccc(F)cc1. The Balaban J connectivity index is 1.71. The van der Waals surface area contributed by atoms with E-state index >= 15 is 0 Å². The molecule has 36 heavy (non-hydrogen) atoms. The average molecular weight is 541 g/mol. The van der Waals surface area contributed by atoms with Crippen molar-refractivity contribution in [3.05, 3.63) is 58.9 Å². The first kappa shape index (κ1) is 27.9. The Morgan fingerprint density at radius 1 is 1.11 bits per heavy atom. The van der Waals surface area contributed by atoms with Gasteiger partial charge in [-0.15, -0.1) is 0 Å². The minimum Gasteiger partial charge on any atom is -0.482 e. The first-order valence-corrected chi connectivity index (χ1v) is 13.3. The minimum atomic E-state index is -4.39. The van der Waals surface area contributed by atoms with Crippen LogP contribution in [0.3, 0.4) is 0 Å². The molecule has 8 nitrogen and oxygen atoms in total. The lowest BCUT2D eigenvalue weighted by Gasteiger charge is -2.44. The highest BCUT2D eigenvalue weighted by Gasteiger charge is 2.44. The van der Waals surface area contributed by atoms with Gasteiger partial charge in [-0.2, -0.15) is 0 Å². The summed E-state index contributed by atoms with van der Waals surface area (Å²) in [4.78, 5) is 28.1. The van der Waals surface area contributed by atoms with Gasteiger partial charge in [0.25, 0.3) is 5.91 Å². The van der Waals surface area contributed by atoms with E-state index in [1.165, 1.54) is 24.3 Å². The van der Waals surface area contributed by atoms with Crippen molar-refractivity contribution in [3.8, 4) is 5.75 Å². The number of benzene rings is 2. The molecule has 2 unspecified atom stereocenters. The standard InChI is InChI=1S/C25H30ClFN2O6S/c1-16-13-29(17(2)12-28(16)14-18-5-8-20(27)9-6-18)23(30)15-35-21-10-7-19(26)11-22(21)36(33,34)25(3,4)24(31)32/h5-11,16-17H,12-15H2,1-4H3,(H,31,32). The molecule has 1 heterocycles. The molecule has 196 valence electrons. The second kappa shape index (κ2) is 10.7. The van der Waals surface area contributed by atoms with Crippen LogP contribution in [0.25, 0.3) is 0 Å². The number of carboxylic acids is 1. The second-order valence-electron chi connectivity index (χ2n) is 9.50. The molecule has 2 aromatic carbocycles. The van der Waals surface area contributed by atoms with Gasteiger partial charge in [-0.1, -0.05) is 23.7 Å². The third kappa shape index (κ3) is 5.82. The van der Waals surface area contributed by atoms with Gasteiger partial charge < -0.3 is 14.7 Å². The van der Waals surface area contributed by atoms with E-state index < -0.39 is 27.2 Å². The number of amides is 1. The summed E-state index contributed by atoms with van der Waals surface area (Å²) in [6.07, 6.45) is 0. The summed E-state index contributed by atoms with van der Waals surface area (Å²) in [5.74, 6) is -2.28. The normalized spacial score (nSPS) is 19.2. The molecular formula is C25H30ClFN2O6S. The summed E-state index contributed by atoms with van der Waals surface area (Å²) in [5.41, 5.74) is 0.972. The Bertz CT molecular complexity index is 1240. The van der Waals surface area contributed by atoms with Gasteiger partial charge >= 0.3 is 5.97 Å². The van der Waals surface area contributed by atoms with E-state index in [0.717, 1.165) is 25.5 Å². The maximum Gasteiger partial charge on any atom is 0.324 e. The van der Waals surface area contributed by atoms with E-state index in [-0.39, 0.29) is 39.5 Å². The number of carbonyl (C=O) groups excluding carboxylic acids is 1. The number of piperazine rings is 1. The molecular weight excluding hydrogens is 511 g/mol. The fraction of sp³-hybridized carbons (Fsp3) is 0.440. The molecule has 0 aromatic heterocycles. The molecule has 0 radical (unpaired) electrons. The highest BCUT2D eigenvalue weighted by molar-refractivity contribution is 7.93. The Labute approximate surface area is 215 Å². The van der Waals surface area contributed by atoms with E-state index in [2.05, 4.69) is 4.90 Å². The van der Waals surface area contributed by atoms with Crippen LogP contribution in [0.15, 0.2) is 47.4 Å². The molecule has 0 spiro atoms. The zero-order chi connectivity index (χ0) is 26.8. The van der Waals surface area contributed by atoms with E-state index in [9.17, 15) is 27.5 Å². The van der Waals surface area contributed by atoms with Gasteiger partial charge in [-0.25, -0.2) is 12.8 Å². The number of ether oxygens (including phenoxy) is 1. The molecule has 1 saturated heterocycles. The Morgan fingerprint density at radius 2 is 1.75 bits per heavy atom. The fourth-order valence-corrected chi connectivity index (χ4v) is 5.70. The summed E-state index contributed by atoms with van der Waals surface area (Å²) in [5, 5.41) is 9.52. The van der Waals surface area contributed by atoms with Crippen molar-refractivity contribution in [1.82, 2.24) is 9.80 Å². The molecule has 1 N–H and O–H groups in total. The van der Waals surface area contributed by atoms with Gasteiger partial charge in [0.15, 0.2) is 21.2 Å². The predicted octanol–water partition coefficient (Wildman–Crippen LogP) is 3.62. The van der Waals surface area contributed by atoms with Crippen LogP contribution < -0.4 is 4.74 Å². The molecule has 0 aliphatic carbocycles. The van der Waals surface area contributed by atoms with Gasteiger partial charge in [-0.3, -0.25) is 14.5 Å². The monoisotopic (exact) mass is 540 g/mol. The van der Waals surface area contributed by atoms with Crippen molar-refractivity contribution in [3.63, 3.8) is 0 Å². The minimum absolute atomic E-state index is 0.0260. The lowest BCUT2D eigenvalue weighted by Crippen LogP contribution is -2.58. The zero-order valence-corrected chi connectivity index (χ0v) is 22.1. The van der Waals surface area contributed by atoms with Crippen LogP contribution in [0.1, 0.15) is 33.3 Å². The Morgan fingerprint density at radius 3 is 2.36 bits per heavy atom. The van der Waals surface area contributed by atoms with Crippen molar-refractivity contribution in [2.75, 3.05) is 19.7 Å². The maximum absolute atomic E-state index is 13.2. The summed E-state index contributed by atoms with van der Waals surface area (Å²) in [6.45, 7) is 7.29. The van der Waals surface area contributed by atoms with Crippen LogP contribution in [0, 0.1) is 5.82 Å². The summed E-state index contributed by atoms with van der Waals surface area (Å²) >= 11 is 5.99. The van der Waals surface area contributed by atoms with Crippen molar-refractivity contribution in [2.24, 2.45) is 0 Å². The van der Waals surface area contributed by atoms with Gasteiger partial charge in [-0.05, 0) is 63.6 Å². The number of halogens is 2. The van der Waals surface area contributed by atoms with Crippen molar-refractivity contribution in [2.45, 2.75) is 56.0 Å². The topological polar surface area (TPSA) is 104 Å². The fourth-order valence-electron chi connectivity index (χ4n) is 4.01. The molecule has 2 aromatic rings. The van der Waals surface area contributed by atoms with Crippen LogP contribution in [0.5, 0.6) is 5.75 Å². The molecule has 0 saturated carbocycles. The van der Waals surface area contributed by atoms with Crippen LogP contribution in [-0.2, 0) is 26.0 Å². The number of carboxylic acid groups (broad SMARTS) is 1. The molecule has 1 amide bonds. The molecule has 1 aliphatic rings. The van der Waals surface area contributed by atoms with E-state index in [4.69, 9.17) is 16.3 Å². The zero-order valence-electron chi connectivity index (χ0n) is 20.6. The first-order valence-electron chi connectivity index (χ1n) is 11.4. The van der Waals surface area contributed by atoms with E-state index in [1.54, 1.807) is 17.0 Å². The lowest BCUT2D eigenvalue weighted by atomic mass is 10.1. The van der Waals surface area contributed by atoms with E-state index in [1.807, 2.05) is 13.8 Å². The Kier molecular flexibility index (Phi) is 8.32. The largest absolute Gasteiger partial charge is 0.482 e. The quantitative estimate of drug-likeness (QED) is 0.545. The second-order valence-corrected chi connectivity index (χ2v) is 12.4. The number of hydrogen-bond donors (Lipinski definition) is 1. The lowest BCUT2D eigenvalue weighted by molar-refractivity contribution is -0.140.